The van der Waals surface area contributed by atoms with Crippen LogP contribution in [-0.4, -0.2) is 34.3 Å². The number of rotatable bonds is 6. The molecule has 0 spiro atoms. The third-order valence-corrected chi connectivity index (χ3v) is 3.63. The van der Waals surface area contributed by atoms with Crippen molar-refractivity contribution >= 4 is 23.6 Å². The second-order valence-electron chi connectivity index (χ2n) is 4.20. The van der Waals surface area contributed by atoms with Crippen molar-refractivity contribution in [2.75, 3.05) is 12.3 Å². The fraction of sp³-hybridized carbons (Fsp3) is 0.417. The van der Waals surface area contributed by atoms with Crippen LogP contribution in [0.5, 0.6) is 0 Å². The van der Waals surface area contributed by atoms with E-state index in [0.717, 1.165) is 18.3 Å². The van der Waals surface area contributed by atoms with Gasteiger partial charge < -0.3 is 10.4 Å². The smallest absolute Gasteiger partial charge is 0.338 e. The maximum Gasteiger partial charge on any atom is 0.338 e. The minimum absolute atomic E-state index is 0.0751. The van der Waals surface area contributed by atoms with Gasteiger partial charge in [0, 0.05) is 12.7 Å². The number of pyridine rings is 1. The highest BCUT2D eigenvalue weighted by Crippen LogP contribution is 2.27. The van der Waals surface area contributed by atoms with E-state index >= 15 is 0 Å². The minimum Gasteiger partial charge on any atom is -0.478 e. The lowest BCUT2D eigenvalue weighted by Crippen LogP contribution is -2.27. The molecule has 5 nitrogen and oxygen atoms in total. The zero-order chi connectivity index (χ0) is 13.0. The molecular weight excluding hydrogens is 252 g/mol. The fourth-order valence-electron chi connectivity index (χ4n) is 1.43. The van der Waals surface area contributed by atoms with Crippen LogP contribution in [0.3, 0.4) is 0 Å². The number of carbonyl (C=O) groups excluding carboxylic acids is 1. The van der Waals surface area contributed by atoms with Gasteiger partial charge in [-0.1, -0.05) is 11.8 Å². The molecule has 1 aliphatic carbocycles. The van der Waals surface area contributed by atoms with Crippen LogP contribution in [0.2, 0.25) is 0 Å². The van der Waals surface area contributed by atoms with Crippen molar-refractivity contribution in [3.8, 4) is 0 Å². The topological polar surface area (TPSA) is 79.3 Å². The van der Waals surface area contributed by atoms with Crippen LogP contribution < -0.4 is 5.32 Å². The number of thioether (sulfide) groups is 1. The van der Waals surface area contributed by atoms with Gasteiger partial charge in [-0.3, -0.25) is 4.79 Å². The van der Waals surface area contributed by atoms with E-state index in [1.54, 1.807) is 6.07 Å². The predicted octanol–water partition coefficient (Wildman–Crippen LogP) is 1.40. The Morgan fingerprint density at radius 2 is 2.28 bits per heavy atom. The van der Waals surface area contributed by atoms with Crippen molar-refractivity contribution in [1.82, 2.24) is 10.3 Å². The molecule has 1 amide bonds. The van der Waals surface area contributed by atoms with Crippen molar-refractivity contribution in [2.24, 2.45) is 5.92 Å². The van der Waals surface area contributed by atoms with Crippen molar-refractivity contribution in [3.05, 3.63) is 23.9 Å². The molecule has 0 radical (unpaired) electrons. The average Bonchev–Trinajstić information content (AvgIpc) is 3.18. The zero-order valence-electron chi connectivity index (χ0n) is 9.76. The van der Waals surface area contributed by atoms with E-state index in [9.17, 15) is 9.59 Å². The third-order valence-electron chi connectivity index (χ3n) is 2.63. The highest BCUT2D eigenvalue weighted by molar-refractivity contribution is 8.00. The van der Waals surface area contributed by atoms with E-state index in [0.29, 0.717) is 10.9 Å². The summed E-state index contributed by atoms with van der Waals surface area (Å²) in [6.07, 6.45) is 3.91. The SMILES string of the molecule is O=C(CSc1ncccc1C(=O)O)NCC1CC1. The van der Waals surface area contributed by atoms with Gasteiger partial charge in [0.1, 0.15) is 5.03 Å². The predicted molar refractivity (Wildman–Crippen MR) is 67.7 cm³/mol. The molecule has 0 unspecified atom stereocenters. The lowest BCUT2D eigenvalue weighted by molar-refractivity contribution is -0.118. The van der Waals surface area contributed by atoms with Gasteiger partial charge in [-0.15, -0.1) is 0 Å². The number of aromatic carboxylic acids is 1. The highest BCUT2D eigenvalue weighted by atomic mass is 32.2. The van der Waals surface area contributed by atoms with E-state index < -0.39 is 5.97 Å². The maximum absolute atomic E-state index is 11.5. The Bertz CT molecular complexity index is 460. The largest absolute Gasteiger partial charge is 0.478 e. The summed E-state index contributed by atoms with van der Waals surface area (Å²) >= 11 is 1.15. The van der Waals surface area contributed by atoms with Gasteiger partial charge in [-0.05, 0) is 30.9 Å². The Morgan fingerprint density at radius 1 is 1.50 bits per heavy atom. The summed E-state index contributed by atoms with van der Waals surface area (Å²) in [5.41, 5.74) is 0.137. The maximum atomic E-state index is 11.5. The summed E-state index contributed by atoms with van der Waals surface area (Å²) in [6.45, 7) is 0.730. The van der Waals surface area contributed by atoms with Gasteiger partial charge >= 0.3 is 5.97 Å². The Balaban J connectivity index is 1.84. The molecule has 1 heterocycles. The van der Waals surface area contributed by atoms with E-state index in [-0.39, 0.29) is 17.2 Å². The van der Waals surface area contributed by atoms with Gasteiger partial charge in [0.15, 0.2) is 0 Å². The molecule has 96 valence electrons. The quantitative estimate of drug-likeness (QED) is 0.761. The normalized spacial score (nSPS) is 14.2. The average molecular weight is 266 g/mol. The number of amides is 1. The van der Waals surface area contributed by atoms with Crippen molar-refractivity contribution in [1.29, 1.82) is 0 Å². The van der Waals surface area contributed by atoms with Gasteiger partial charge in [0.25, 0.3) is 0 Å². The molecule has 6 heteroatoms. The summed E-state index contributed by atoms with van der Waals surface area (Å²) in [5, 5.41) is 12.2. The molecule has 0 saturated heterocycles. The standard InChI is InChI=1S/C12H14N2O3S/c15-10(14-6-8-3-4-8)7-18-11-9(12(16)17)2-1-5-13-11/h1-2,5,8H,3-4,6-7H2,(H,14,15)(H,16,17). The number of nitrogens with one attached hydrogen (secondary N) is 1. The Hall–Kier alpha value is -1.56. The summed E-state index contributed by atoms with van der Waals surface area (Å²) in [5.74, 6) is -0.259. The second kappa shape index (κ2) is 5.86. The van der Waals surface area contributed by atoms with Crippen molar-refractivity contribution in [3.63, 3.8) is 0 Å². The molecule has 1 aliphatic rings. The molecule has 0 bridgehead atoms. The lowest BCUT2D eigenvalue weighted by atomic mass is 10.3. The molecule has 1 aromatic heterocycles. The number of carbonyl (C=O) groups is 2. The summed E-state index contributed by atoms with van der Waals surface area (Å²) < 4.78 is 0. The Morgan fingerprint density at radius 3 is 2.94 bits per heavy atom. The van der Waals surface area contributed by atoms with Crippen LogP contribution in [-0.2, 0) is 4.79 Å². The van der Waals surface area contributed by atoms with Crippen LogP contribution in [0.25, 0.3) is 0 Å². The summed E-state index contributed by atoms with van der Waals surface area (Å²) in [7, 11) is 0. The van der Waals surface area contributed by atoms with Gasteiger partial charge in [0.2, 0.25) is 5.91 Å². The molecule has 1 fully saturated rings. The Labute approximate surface area is 109 Å². The minimum atomic E-state index is -1.02. The number of hydrogen-bond acceptors (Lipinski definition) is 4. The molecule has 0 aromatic carbocycles. The molecule has 2 rings (SSSR count). The summed E-state index contributed by atoms with van der Waals surface area (Å²) in [6, 6.07) is 3.06. The number of carboxylic acids is 1. The van der Waals surface area contributed by atoms with Gasteiger partial charge in [-0.2, -0.15) is 0 Å². The van der Waals surface area contributed by atoms with E-state index in [1.807, 2.05) is 0 Å². The summed E-state index contributed by atoms with van der Waals surface area (Å²) in [4.78, 5) is 26.4. The van der Waals surface area contributed by atoms with Crippen LogP contribution in [0.1, 0.15) is 23.2 Å². The van der Waals surface area contributed by atoms with E-state index in [4.69, 9.17) is 5.11 Å². The first-order valence-electron chi connectivity index (χ1n) is 5.74. The van der Waals surface area contributed by atoms with Crippen molar-refractivity contribution in [2.45, 2.75) is 17.9 Å². The molecule has 18 heavy (non-hydrogen) atoms. The molecule has 1 aromatic rings. The molecule has 1 saturated carbocycles. The molecular formula is C12H14N2O3S. The number of nitrogens with zero attached hydrogens (tertiary/aromatic N) is 1. The third kappa shape index (κ3) is 3.73. The van der Waals surface area contributed by atoms with Crippen LogP contribution in [0.4, 0.5) is 0 Å². The first-order valence-corrected chi connectivity index (χ1v) is 6.73. The van der Waals surface area contributed by atoms with E-state index in [2.05, 4.69) is 10.3 Å². The first kappa shape index (κ1) is 12.9. The monoisotopic (exact) mass is 266 g/mol. The van der Waals surface area contributed by atoms with Crippen molar-refractivity contribution < 1.29 is 14.7 Å². The molecule has 2 N–H and O–H groups in total. The first-order chi connectivity index (χ1) is 8.66. The zero-order valence-corrected chi connectivity index (χ0v) is 10.6. The van der Waals surface area contributed by atoms with Crippen LogP contribution in [0, 0.1) is 5.92 Å². The molecule has 0 atom stereocenters. The number of hydrogen-bond donors (Lipinski definition) is 2. The van der Waals surface area contributed by atoms with E-state index in [1.165, 1.54) is 25.1 Å². The fourth-order valence-corrected chi connectivity index (χ4v) is 2.25. The number of aromatic nitrogens is 1. The van der Waals surface area contributed by atoms with Gasteiger partial charge in [-0.25, -0.2) is 9.78 Å². The Kier molecular flexibility index (Phi) is 4.19. The highest BCUT2D eigenvalue weighted by Gasteiger charge is 2.21. The molecule has 0 aliphatic heterocycles. The van der Waals surface area contributed by atoms with Gasteiger partial charge in [0.05, 0.1) is 11.3 Å². The van der Waals surface area contributed by atoms with Crippen LogP contribution >= 0.6 is 11.8 Å². The van der Waals surface area contributed by atoms with Crippen LogP contribution in [0.15, 0.2) is 23.4 Å². The number of carboxylic acid groups (broad SMARTS) is 1. The second-order valence-corrected chi connectivity index (χ2v) is 5.16. The lowest BCUT2D eigenvalue weighted by Gasteiger charge is -2.05.